The maximum atomic E-state index is 12.8. The number of furan rings is 1. The van der Waals surface area contributed by atoms with Crippen LogP contribution < -0.4 is 15.8 Å². The molecule has 0 saturated carbocycles. The number of carbonyl (C=O) groups excluding carboxylic acids is 3. The molecule has 0 spiro atoms. The van der Waals surface area contributed by atoms with Crippen LogP contribution >= 0.6 is 0 Å². The molecule has 0 unspecified atom stereocenters. The number of allylic oxidation sites excluding steroid dienone is 2. The van der Waals surface area contributed by atoms with Crippen molar-refractivity contribution in [2.75, 3.05) is 5.01 Å². The lowest BCUT2D eigenvalue weighted by atomic mass is 9.80. The maximum Gasteiger partial charge on any atom is 0.251 e. The molecule has 3 amide bonds. The summed E-state index contributed by atoms with van der Waals surface area (Å²) in [6.45, 7) is 0.269. The summed E-state index contributed by atoms with van der Waals surface area (Å²) < 4.78 is 5.19. The van der Waals surface area contributed by atoms with Gasteiger partial charge in [-0.3, -0.25) is 19.8 Å². The van der Waals surface area contributed by atoms with E-state index < -0.39 is 0 Å². The molecule has 1 aliphatic carbocycles. The normalized spacial score (nSPS) is 21.6. The first kappa shape index (κ1) is 17.1. The van der Waals surface area contributed by atoms with Gasteiger partial charge >= 0.3 is 0 Å². The molecule has 1 aliphatic heterocycles. The largest absolute Gasteiger partial charge is 0.467 e. The minimum Gasteiger partial charge on any atom is -0.467 e. The van der Waals surface area contributed by atoms with Crippen molar-refractivity contribution >= 4 is 23.4 Å². The molecule has 0 radical (unpaired) electrons. The van der Waals surface area contributed by atoms with Gasteiger partial charge in [0.15, 0.2) is 0 Å². The second-order valence-corrected chi connectivity index (χ2v) is 6.62. The average molecular weight is 365 g/mol. The van der Waals surface area contributed by atoms with Crippen LogP contribution in [0.1, 0.15) is 29.0 Å². The summed E-state index contributed by atoms with van der Waals surface area (Å²) in [6.07, 6.45) is 6.55. The molecule has 1 aromatic heterocycles. The number of carbonyl (C=O) groups is 3. The van der Waals surface area contributed by atoms with Crippen molar-refractivity contribution in [2.45, 2.75) is 19.4 Å². The van der Waals surface area contributed by atoms with Crippen LogP contribution in [0.15, 0.2) is 59.2 Å². The zero-order valence-electron chi connectivity index (χ0n) is 14.6. The Morgan fingerprint density at radius 1 is 1.15 bits per heavy atom. The van der Waals surface area contributed by atoms with Crippen LogP contribution in [-0.2, 0) is 16.1 Å². The van der Waals surface area contributed by atoms with Crippen molar-refractivity contribution < 1.29 is 18.8 Å². The Bertz CT molecular complexity index is 904. The fourth-order valence-electron chi connectivity index (χ4n) is 3.45. The number of hydrogen-bond donors (Lipinski definition) is 2. The van der Waals surface area contributed by atoms with Crippen LogP contribution in [-0.4, -0.2) is 17.7 Å². The molecular formula is C20H19N3O4. The minimum atomic E-state index is -0.361. The molecule has 2 aliphatic rings. The molecule has 2 N–H and O–H groups in total. The van der Waals surface area contributed by atoms with Crippen molar-refractivity contribution in [3.63, 3.8) is 0 Å². The Kier molecular flexibility index (Phi) is 4.50. The lowest BCUT2D eigenvalue weighted by molar-refractivity contribution is -0.139. The molecule has 2 aromatic rings. The minimum absolute atomic E-state index is 0.155. The lowest BCUT2D eigenvalue weighted by Crippen LogP contribution is -2.59. The third-order valence-corrected chi connectivity index (χ3v) is 4.90. The van der Waals surface area contributed by atoms with Gasteiger partial charge in [-0.15, -0.1) is 0 Å². The number of hydrazine groups is 1. The summed E-state index contributed by atoms with van der Waals surface area (Å²) >= 11 is 0. The van der Waals surface area contributed by atoms with Crippen LogP contribution in [0.4, 0.5) is 5.69 Å². The van der Waals surface area contributed by atoms with Crippen LogP contribution in [0.2, 0.25) is 0 Å². The van der Waals surface area contributed by atoms with Crippen molar-refractivity contribution in [3.8, 4) is 0 Å². The van der Waals surface area contributed by atoms with Gasteiger partial charge in [0.05, 0.1) is 30.3 Å². The van der Waals surface area contributed by atoms with Crippen LogP contribution in [0.25, 0.3) is 0 Å². The lowest BCUT2D eigenvalue weighted by Gasteiger charge is -2.38. The first-order valence-corrected chi connectivity index (χ1v) is 8.83. The molecule has 138 valence electrons. The van der Waals surface area contributed by atoms with Crippen LogP contribution in [0, 0.1) is 11.8 Å². The molecule has 2 atom stereocenters. The molecule has 2 heterocycles. The van der Waals surface area contributed by atoms with E-state index in [1.54, 1.807) is 42.7 Å². The molecule has 7 heteroatoms. The molecular weight excluding hydrogens is 346 g/mol. The Hall–Kier alpha value is -3.35. The summed E-state index contributed by atoms with van der Waals surface area (Å²) in [5.41, 5.74) is 3.53. The van der Waals surface area contributed by atoms with Crippen molar-refractivity contribution in [3.05, 3.63) is 66.1 Å². The summed E-state index contributed by atoms with van der Waals surface area (Å²) in [5.74, 6) is -0.649. The van der Waals surface area contributed by atoms with Gasteiger partial charge in [-0.05, 0) is 43.2 Å². The Morgan fingerprint density at radius 2 is 1.96 bits per heavy atom. The highest BCUT2D eigenvalue weighted by molar-refractivity contribution is 6.05. The highest BCUT2D eigenvalue weighted by atomic mass is 16.3. The predicted octanol–water partition coefficient (Wildman–Crippen LogP) is 2.17. The number of nitrogens with one attached hydrogen (secondary N) is 2. The molecule has 27 heavy (non-hydrogen) atoms. The molecule has 1 aromatic carbocycles. The molecule has 1 fully saturated rings. The van der Waals surface area contributed by atoms with Gasteiger partial charge < -0.3 is 9.73 Å². The summed E-state index contributed by atoms with van der Waals surface area (Å²) in [6, 6.07) is 10.1. The van der Waals surface area contributed by atoms with Gasteiger partial charge in [-0.2, -0.15) is 0 Å². The smallest absolute Gasteiger partial charge is 0.251 e. The maximum absolute atomic E-state index is 12.8. The summed E-state index contributed by atoms with van der Waals surface area (Å²) in [4.78, 5) is 37.6. The van der Waals surface area contributed by atoms with E-state index in [9.17, 15) is 14.4 Å². The first-order chi connectivity index (χ1) is 13.1. The fraction of sp³-hybridized carbons (Fsp3) is 0.250. The van der Waals surface area contributed by atoms with Gasteiger partial charge in [0, 0.05) is 5.56 Å². The zero-order valence-corrected chi connectivity index (χ0v) is 14.6. The van der Waals surface area contributed by atoms with E-state index in [1.807, 2.05) is 12.2 Å². The number of benzene rings is 1. The number of anilines is 1. The predicted molar refractivity (Wildman–Crippen MR) is 97.3 cm³/mol. The first-order valence-electron chi connectivity index (χ1n) is 8.83. The fourth-order valence-corrected chi connectivity index (χ4v) is 3.45. The monoisotopic (exact) mass is 365 g/mol. The van der Waals surface area contributed by atoms with Crippen LogP contribution in [0.3, 0.4) is 0 Å². The van der Waals surface area contributed by atoms with Crippen molar-refractivity contribution in [1.29, 1.82) is 0 Å². The Morgan fingerprint density at radius 3 is 2.74 bits per heavy atom. The van der Waals surface area contributed by atoms with Crippen molar-refractivity contribution in [1.82, 2.24) is 10.7 Å². The third-order valence-electron chi connectivity index (χ3n) is 4.90. The standard InChI is InChI=1S/C20H19N3O4/c24-18(21-12-15-7-4-10-27-15)13-5-3-6-14(11-13)23-20(26)17-9-2-1-8-16(17)19(25)22-23/h1-7,10-11,16-17H,8-9,12H2,(H,21,24)(H,22,25)/t16-,17-/m0/s1. The number of amides is 3. The zero-order chi connectivity index (χ0) is 18.8. The molecule has 0 bridgehead atoms. The number of nitrogens with zero attached hydrogens (tertiary/aromatic N) is 1. The summed E-state index contributed by atoms with van der Waals surface area (Å²) in [5, 5.41) is 4.02. The number of fused-ring (bicyclic) bond motifs is 1. The van der Waals surface area contributed by atoms with E-state index in [4.69, 9.17) is 4.42 Å². The van der Waals surface area contributed by atoms with Gasteiger partial charge in [0.1, 0.15) is 5.76 Å². The molecule has 4 rings (SSSR count). The topological polar surface area (TPSA) is 91.7 Å². The van der Waals surface area contributed by atoms with E-state index in [0.717, 1.165) is 0 Å². The van der Waals surface area contributed by atoms with E-state index in [0.29, 0.717) is 29.9 Å². The summed E-state index contributed by atoms with van der Waals surface area (Å²) in [7, 11) is 0. The van der Waals surface area contributed by atoms with Crippen molar-refractivity contribution in [2.24, 2.45) is 11.8 Å². The van der Waals surface area contributed by atoms with E-state index in [1.165, 1.54) is 5.01 Å². The Balaban J connectivity index is 1.51. The quantitative estimate of drug-likeness (QED) is 0.813. The van der Waals surface area contributed by atoms with E-state index in [-0.39, 0.29) is 36.1 Å². The highest BCUT2D eigenvalue weighted by Gasteiger charge is 2.42. The average Bonchev–Trinajstić information content (AvgIpc) is 3.23. The third kappa shape index (κ3) is 3.36. The van der Waals surface area contributed by atoms with Gasteiger partial charge in [0.2, 0.25) is 11.8 Å². The van der Waals surface area contributed by atoms with Gasteiger partial charge in [-0.25, -0.2) is 5.01 Å². The van der Waals surface area contributed by atoms with E-state index >= 15 is 0 Å². The second-order valence-electron chi connectivity index (χ2n) is 6.62. The van der Waals surface area contributed by atoms with Gasteiger partial charge in [-0.1, -0.05) is 18.2 Å². The number of hydrogen-bond acceptors (Lipinski definition) is 4. The van der Waals surface area contributed by atoms with Crippen LogP contribution in [0.5, 0.6) is 0 Å². The second kappa shape index (κ2) is 7.11. The molecule has 7 nitrogen and oxygen atoms in total. The molecule has 1 saturated heterocycles. The van der Waals surface area contributed by atoms with Gasteiger partial charge in [0.25, 0.3) is 5.91 Å². The Labute approximate surface area is 156 Å². The van der Waals surface area contributed by atoms with E-state index in [2.05, 4.69) is 10.7 Å². The highest BCUT2D eigenvalue weighted by Crippen LogP contribution is 2.32. The number of rotatable bonds is 4. The SMILES string of the molecule is O=C(NCc1ccco1)c1cccc(N2NC(=O)[C@H]3CC=CC[C@@H]3C2=O)c1.